The van der Waals surface area contributed by atoms with E-state index in [-0.39, 0.29) is 177 Å². The molecule has 32 nitrogen and oxygen atoms in total. The fourth-order valence-electron chi connectivity index (χ4n) is 14.9. The number of aliphatic hydroxyl groups is 6. The normalized spacial score (nSPS) is 21.7. The lowest BCUT2D eigenvalue weighted by molar-refractivity contribution is -0.282. The first kappa shape index (κ1) is 107. The van der Waals surface area contributed by atoms with E-state index in [1.54, 1.807) is 28.1 Å². The SMILES string of the molecule is CCCCC(=O)CCCCCCCNC(=O)OCCCCC(CCCCOC(=O)CCCCCCCNC(=O)CCCOC1OC(CO)C(O)C(O)C1C)(CCCOC(=O)CCCCCCCNC(=O)CCCOC1OC(CO)C(O)C(O)C1C)CC(=O)CCC(=O)NCCOCCOCC(=O)CCCCC(=O)N1C[C@@H](OC)C[C@@H]1COC. The number of likely N-dealkylation sites (tertiary alicyclic amines) is 1. The number of methoxy groups -OCH3 is 2. The molecule has 3 fully saturated rings. The van der Waals surface area contributed by atoms with Gasteiger partial charge < -0.3 is 109 Å². The first-order chi connectivity index (χ1) is 57.0. The van der Waals surface area contributed by atoms with Gasteiger partial charge >= 0.3 is 18.0 Å². The zero-order valence-corrected chi connectivity index (χ0v) is 72.1. The van der Waals surface area contributed by atoms with Crippen molar-refractivity contribution in [1.82, 2.24) is 26.2 Å². The quantitative estimate of drug-likeness (QED) is 0.0157. The third-order valence-corrected chi connectivity index (χ3v) is 22.2. The topological polar surface area (TPSA) is 445 Å². The van der Waals surface area contributed by atoms with Gasteiger partial charge in [0.25, 0.3) is 0 Å². The summed E-state index contributed by atoms with van der Waals surface area (Å²) in [4.78, 5) is 130. The number of hydrogen-bond donors (Lipinski definition) is 10. The van der Waals surface area contributed by atoms with Gasteiger partial charge in [0.2, 0.25) is 23.6 Å². The second-order valence-corrected chi connectivity index (χ2v) is 32.2. The van der Waals surface area contributed by atoms with E-state index in [4.69, 9.17) is 52.1 Å². The second kappa shape index (κ2) is 67.1. The minimum atomic E-state index is -1.22. The summed E-state index contributed by atoms with van der Waals surface area (Å²) in [7, 11) is 3.25. The lowest BCUT2D eigenvalue weighted by atomic mass is 9.71. The Kier molecular flexibility index (Phi) is 60.7. The molecule has 0 spiro atoms. The van der Waals surface area contributed by atoms with E-state index in [0.717, 1.165) is 103 Å². The van der Waals surface area contributed by atoms with Gasteiger partial charge in [-0.2, -0.15) is 0 Å². The molecule has 3 heterocycles. The Balaban J connectivity index is 1.51. The standard InChI is InChI=1S/C86H153N5O27/c1-6-7-32-67(94)33-17-11-8-16-26-47-90-85(107)116-50-28-23-43-86(44-31-53-113-78(102)39-19-13-10-15-25-46-88-74(98)36-30-52-115-84-65(3)80(104)82(106)72(61-93)118-84,42-22-27-49-112-77(101)38-18-12-9-14-24-45-87-73(97)35-29-51-114-83-64(2)79(103)81(105)71(60-92)117-83)58-68(95)40-41-75(99)89-48-54-110-55-56-111-63-69(96)34-20-21-37-76(100)91-59-70(109-5)57-66(91)62-108-4/h64-66,70-72,79-84,92-93,103-106H,6-63H2,1-5H3,(H,87,97)(H,88,98)(H,89,99)(H,90,107)/t64?,65?,66-,70+,71?,72?,79?,80?,81?,82?,83?,84?,86?/m1/s1. The highest BCUT2D eigenvalue weighted by molar-refractivity contribution is 5.85. The third-order valence-electron chi connectivity index (χ3n) is 22.2. The van der Waals surface area contributed by atoms with Crippen LogP contribution >= 0.6 is 0 Å². The van der Waals surface area contributed by atoms with Crippen molar-refractivity contribution in [1.29, 1.82) is 0 Å². The van der Waals surface area contributed by atoms with Crippen molar-refractivity contribution in [3.8, 4) is 0 Å². The molecule has 10 N–H and O–H groups in total. The van der Waals surface area contributed by atoms with Crippen molar-refractivity contribution in [2.24, 2.45) is 17.3 Å². The van der Waals surface area contributed by atoms with Gasteiger partial charge in [-0.15, -0.1) is 0 Å². The minimum Gasteiger partial charge on any atom is -0.466 e. The van der Waals surface area contributed by atoms with Gasteiger partial charge in [0.05, 0.1) is 97.0 Å². The average Bonchev–Trinajstić information content (AvgIpc) is 1.29. The van der Waals surface area contributed by atoms with Gasteiger partial charge in [0.1, 0.15) is 42.6 Å². The fourth-order valence-corrected chi connectivity index (χ4v) is 14.9. The molecule has 0 aromatic rings. The first-order valence-corrected chi connectivity index (χ1v) is 44.5. The number of carbonyl (C=O) groups excluding carboxylic acids is 10. The molecule has 3 aliphatic rings. The predicted octanol–water partition coefficient (Wildman–Crippen LogP) is 7.94. The summed E-state index contributed by atoms with van der Waals surface area (Å²) < 4.78 is 61.6. The minimum absolute atomic E-state index is 0.0199. The fraction of sp³-hybridized carbons (Fsp3) is 0.884. The van der Waals surface area contributed by atoms with Crippen LogP contribution in [0.5, 0.6) is 0 Å². The number of amides is 5. The van der Waals surface area contributed by atoms with Crippen molar-refractivity contribution in [3.63, 3.8) is 0 Å². The van der Waals surface area contributed by atoms with Crippen LogP contribution in [0.2, 0.25) is 0 Å². The molecular weight excluding hydrogens is 1530 g/mol. The molecule has 11 unspecified atom stereocenters. The summed E-state index contributed by atoms with van der Waals surface area (Å²) in [6, 6.07) is -0.0247. The summed E-state index contributed by atoms with van der Waals surface area (Å²) in [6.07, 6.45) is 15.3. The summed E-state index contributed by atoms with van der Waals surface area (Å²) in [5, 5.41) is 71.2. The molecule has 0 aromatic carbocycles. The van der Waals surface area contributed by atoms with Crippen molar-refractivity contribution >= 4 is 59.0 Å². The highest BCUT2D eigenvalue weighted by atomic mass is 16.7. The molecule has 684 valence electrons. The molecule has 3 aliphatic heterocycles. The second-order valence-electron chi connectivity index (χ2n) is 32.2. The Morgan fingerprint density at radius 1 is 0.424 bits per heavy atom. The Bertz CT molecular complexity index is 2740. The molecule has 0 radical (unpaired) electrons. The Morgan fingerprint density at radius 2 is 0.881 bits per heavy atom. The number of esters is 2. The molecule has 0 bridgehead atoms. The molecule has 3 rings (SSSR count). The van der Waals surface area contributed by atoms with Crippen LogP contribution in [-0.4, -0.2) is 282 Å². The molecule has 0 aromatic heterocycles. The zero-order chi connectivity index (χ0) is 86.4. The van der Waals surface area contributed by atoms with E-state index in [2.05, 4.69) is 28.2 Å². The number of hydrogen-bond acceptors (Lipinski definition) is 27. The monoisotopic (exact) mass is 1690 g/mol. The molecule has 118 heavy (non-hydrogen) atoms. The number of ether oxygens (including phenoxy) is 11. The lowest BCUT2D eigenvalue weighted by Gasteiger charge is -2.40. The van der Waals surface area contributed by atoms with Crippen LogP contribution in [0.4, 0.5) is 4.79 Å². The largest absolute Gasteiger partial charge is 0.466 e. The van der Waals surface area contributed by atoms with E-state index < -0.39 is 85.8 Å². The highest BCUT2D eigenvalue weighted by Crippen LogP contribution is 2.41. The summed E-state index contributed by atoms with van der Waals surface area (Å²) in [5.74, 6) is -2.12. The maximum Gasteiger partial charge on any atom is 0.407 e. The van der Waals surface area contributed by atoms with E-state index in [1.165, 1.54) is 0 Å². The average molecular weight is 1690 g/mol. The number of nitrogens with one attached hydrogen (secondary N) is 4. The number of ketones is 3. The molecule has 0 saturated carbocycles. The van der Waals surface area contributed by atoms with E-state index in [1.807, 2.05) is 4.90 Å². The van der Waals surface area contributed by atoms with Crippen molar-refractivity contribution in [2.75, 3.05) is 126 Å². The van der Waals surface area contributed by atoms with Gasteiger partial charge in [0, 0.05) is 129 Å². The summed E-state index contributed by atoms with van der Waals surface area (Å²) >= 11 is 0. The molecule has 13 atom stereocenters. The van der Waals surface area contributed by atoms with E-state index in [0.29, 0.717) is 148 Å². The van der Waals surface area contributed by atoms with Crippen molar-refractivity contribution < 1.29 is 131 Å². The number of aliphatic hydroxyl groups excluding tert-OH is 6. The van der Waals surface area contributed by atoms with Crippen LogP contribution < -0.4 is 21.3 Å². The molecule has 0 aliphatic carbocycles. The van der Waals surface area contributed by atoms with Crippen LogP contribution in [0.15, 0.2) is 0 Å². The third kappa shape index (κ3) is 49.0. The van der Waals surface area contributed by atoms with E-state index >= 15 is 0 Å². The Hall–Kier alpha value is -5.46. The predicted molar refractivity (Wildman–Crippen MR) is 438 cm³/mol. The smallest absolute Gasteiger partial charge is 0.407 e. The molecule has 5 amide bonds. The van der Waals surface area contributed by atoms with Gasteiger partial charge in [-0.25, -0.2) is 4.79 Å². The number of nitrogens with zero attached hydrogens (tertiary/aromatic N) is 1. The van der Waals surface area contributed by atoms with Crippen LogP contribution in [-0.2, 0) is 95.3 Å². The Labute approximate surface area is 701 Å². The van der Waals surface area contributed by atoms with Crippen LogP contribution in [0.1, 0.15) is 284 Å². The van der Waals surface area contributed by atoms with Crippen molar-refractivity contribution in [2.45, 2.75) is 345 Å². The highest BCUT2D eigenvalue weighted by Gasteiger charge is 2.44. The molecule has 32 heteroatoms. The van der Waals surface area contributed by atoms with Gasteiger partial charge in [-0.1, -0.05) is 85.0 Å². The number of carbonyl (C=O) groups is 10. The maximum absolute atomic E-state index is 14.2. The van der Waals surface area contributed by atoms with Gasteiger partial charge in [-0.05, 0) is 134 Å². The Morgan fingerprint density at radius 3 is 1.42 bits per heavy atom. The number of alkyl carbamates (subject to hydrolysis) is 1. The van der Waals surface area contributed by atoms with E-state index in [9.17, 15) is 78.6 Å². The lowest BCUT2D eigenvalue weighted by Crippen LogP contribution is -2.55. The summed E-state index contributed by atoms with van der Waals surface area (Å²) in [6.45, 7) is 8.41. The van der Waals surface area contributed by atoms with Crippen LogP contribution in [0.25, 0.3) is 0 Å². The van der Waals surface area contributed by atoms with Crippen molar-refractivity contribution in [3.05, 3.63) is 0 Å². The number of Topliss-reactive ketones (excluding diaryl/α,β-unsaturated/α-hetero) is 3. The summed E-state index contributed by atoms with van der Waals surface area (Å²) in [5.41, 5.74) is -0.613. The zero-order valence-electron chi connectivity index (χ0n) is 72.1. The number of rotatable bonds is 74. The molecular formula is C86H153N5O27. The van der Waals surface area contributed by atoms with Gasteiger partial charge in [-0.3, -0.25) is 43.2 Å². The van der Waals surface area contributed by atoms with Crippen LogP contribution in [0, 0.1) is 17.3 Å². The van der Waals surface area contributed by atoms with Gasteiger partial charge in [0.15, 0.2) is 18.4 Å². The number of unbranched alkanes of at least 4 members (excludes halogenated alkanes) is 16. The maximum atomic E-state index is 14.2. The van der Waals surface area contributed by atoms with Crippen LogP contribution in [0.3, 0.4) is 0 Å². The molecule has 3 saturated heterocycles. The first-order valence-electron chi connectivity index (χ1n) is 44.5.